The molecule has 0 aromatic carbocycles. The van der Waals surface area contributed by atoms with Crippen molar-refractivity contribution in [2.75, 3.05) is 6.61 Å². The lowest BCUT2D eigenvalue weighted by Crippen LogP contribution is -2.06. The molecule has 0 saturated heterocycles. The quantitative estimate of drug-likeness (QED) is 0.815. The van der Waals surface area contributed by atoms with E-state index in [1.54, 1.807) is 6.92 Å². The summed E-state index contributed by atoms with van der Waals surface area (Å²) in [6, 6.07) is 0. The predicted octanol–water partition coefficient (Wildman–Crippen LogP) is 2.57. The summed E-state index contributed by atoms with van der Waals surface area (Å²) in [5.74, 6) is -0.264. The summed E-state index contributed by atoms with van der Waals surface area (Å²) in [6.07, 6.45) is 0. The number of aryl methyl sites for hydroxylation is 1. The van der Waals surface area contributed by atoms with E-state index in [0.29, 0.717) is 12.2 Å². The zero-order valence-corrected chi connectivity index (χ0v) is 9.49. The Balaban J connectivity index is 3.06. The van der Waals surface area contributed by atoms with Crippen LogP contribution < -0.4 is 0 Å². The van der Waals surface area contributed by atoms with Crippen LogP contribution in [0.15, 0.2) is 4.60 Å². The largest absolute Gasteiger partial charge is 0.462 e. The van der Waals surface area contributed by atoms with Crippen LogP contribution in [0.1, 0.15) is 28.5 Å². The van der Waals surface area contributed by atoms with E-state index in [9.17, 15) is 4.79 Å². The van der Waals surface area contributed by atoms with Gasteiger partial charge in [0, 0.05) is 5.69 Å². The molecule has 72 valence electrons. The van der Waals surface area contributed by atoms with Crippen molar-refractivity contribution < 1.29 is 9.53 Å². The molecule has 1 rings (SSSR count). The molecule has 0 fully saturated rings. The number of nitrogens with one attached hydrogen (secondary N) is 1. The van der Waals surface area contributed by atoms with E-state index in [2.05, 4.69) is 20.9 Å². The number of hydrogen-bond donors (Lipinski definition) is 1. The molecule has 0 unspecified atom stereocenters. The number of rotatable bonds is 2. The molecule has 0 radical (unpaired) electrons. The van der Waals surface area contributed by atoms with Gasteiger partial charge >= 0.3 is 5.97 Å². The maximum Gasteiger partial charge on any atom is 0.340 e. The normalized spacial score (nSPS) is 10.2. The Kier molecular flexibility index (Phi) is 3.14. The molecular weight excluding hydrogens is 234 g/mol. The molecule has 0 aliphatic rings. The van der Waals surface area contributed by atoms with E-state index >= 15 is 0 Å². The van der Waals surface area contributed by atoms with E-state index in [4.69, 9.17) is 4.74 Å². The molecule has 0 aliphatic carbocycles. The van der Waals surface area contributed by atoms with Crippen LogP contribution in [0, 0.1) is 13.8 Å². The Labute approximate surface area is 85.6 Å². The van der Waals surface area contributed by atoms with E-state index in [1.165, 1.54) is 0 Å². The van der Waals surface area contributed by atoms with Crippen molar-refractivity contribution in [2.45, 2.75) is 20.8 Å². The van der Waals surface area contributed by atoms with Crippen LogP contribution in [0.3, 0.4) is 0 Å². The number of hydrogen-bond acceptors (Lipinski definition) is 2. The molecule has 0 aliphatic heterocycles. The third-order valence-corrected chi connectivity index (χ3v) is 2.65. The van der Waals surface area contributed by atoms with E-state index in [1.807, 2.05) is 13.8 Å². The maximum absolute atomic E-state index is 11.4. The number of aromatic amines is 1. The second-order valence-electron chi connectivity index (χ2n) is 2.78. The highest BCUT2D eigenvalue weighted by atomic mass is 79.9. The van der Waals surface area contributed by atoms with Crippen LogP contribution in [0.5, 0.6) is 0 Å². The summed E-state index contributed by atoms with van der Waals surface area (Å²) < 4.78 is 5.76. The molecule has 0 amide bonds. The van der Waals surface area contributed by atoms with Gasteiger partial charge in [0.15, 0.2) is 0 Å². The molecule has 1 N–H and O–H groups in total. The highest BCUT2D eigenvalue weighted by Crippen LogP contribution is 2.22. The van der Waals surface area contributed by atoms with Crippen LogP contribution >= 0.6 is 15.9 Å². The number of esters is 1. The summed E-state index contributed by atoms with van der Waals surface area (Å²) in [4.78, 5) is 14.5. The van der Waals surface area contributed by atoms with Gasteiger partial charge in [-0.2, -0.15) is 0 Å². The predicted molar refractivity (Wildman–Crippen MR) is 53.9 cm³/mol. The third kappa shape index (κ3) is 1.94. The smallest absolute Gasteiger partial charge is 0.340 e. The van der Waals surface area contributed by atoms with Gasteiger partial charge in [0.2, 0.25) is 0 Å². The lowest BCUT2D eigenvalue weighted by atomic mass is 10.2. The van der Waals surface area contributed by atoms with Crippen molar-refractivity contribution in [3.8, 4) is 0 Å². The molecule has 13 heavy (non-hydrogen) atoms. The third-order valence-electron chi connectivity index (χ3n) is 1.86. The first kappa shape index (κ1) is 10.3. The first-order valence-corrected chi connectivity index (χ1v) is 4.89. The van der Waals surface area contributed by atoms with Crippen molar-refractivity contribution in [1.82, 2.24) is 4.98 Å². The Hall–Kier alpha value is -0.770. The highest BCUT2D eigenvalue weighted by Gasteiger charge is 2.17. The average Bonchev–Trinajstić information content (AvgIpc) is 2.27. The molecule has 0 spiro atoms. The lowest BCUT2D eigenvalue weighted by Gasteiger charge is -2.01. The zero-order valence-electron chi connectivity index (χ0n) is 7.90. The first-order chi connectivity index (χ1) is 6.07. The fourth-order valence-corrected chi connectivity index (χ4v) is 1.72. The molecule has 0 atom stereocenters. The Morgan fingerprint density at radius 2 is 2.15 bits per heavy atom. The monoisotopic (exact) mass is 245 g/mol. The van der Waals surface area contributed by atoms with Gasteiger partial charge in [-0.1, -0.05) is 0 Å². The SMILES string of the molecule is CCOC(=O)c1c(C)[nH]c(Br)c1C. The molecule has 0 bridgehead atoms. The first-order valence-electron chi connectivity index (χ1n) is 4.09. The van der Waals surface area contributed by atoms with Gasteiger partial charge in [-0.15, -0.1) is 0 Å². The number of carbonyl (C=O) groups excluding carboxylic acids is 1. The topological polar surface area (TPSA) is 42.1 Å². The average molecular weight is 246 g/mol. The van der Waals surface area contributed by atoms with E-state index < -0.39 is 0 Å². The van der Waals surface area contributed by atoms with Crippen molar-refractivity contribution >= 4 is 21.9 Å². The second-order valence-corrected chi connectivity index (χ2v) is 3.58. The van der Waals surface area contributed by atoms with E-state index in [-0.39, 0.29) is 5.97 Å². The molecule has 3 nitrogen and oxygen atoms in total. The fourth-order valence-electron chi connectivity index (χ4n) is 1.22. The van der Waals surface area contributed by atoms with Gasteiger partial charge in [-0.25, -0.2) is 4.79 Å². The molecule has 1 aromatic heterocycles. The standard InChI is InChI=1S/C9H12BrNO2/c1-4-13-9(12)7-5(2)8(10)11-6(7)3/h11H,4H2,1-3H3. The van der Waals surface area contributed by atoms with Crippen LogP contribution in [0.25, 0.3) is 0 Å². The number of carbonyl (C=O) groups is 1. The van der Waals surface area contributed by atoms with Gasteiger partial charge in [0.25, 0.3) is 0 Å². The fraction of sp³-hybridized carbons (Fsp3) is 0.444. The number of halogens is 1. The molecule has 1 aromatic rings. The summed E-state index contributed by atoms with van der Waals surface area (Å²) >= 11 is 3.32. The van der Waals surface area contributed by atoms with Gasteiger partial charge in [0.1, 0.15) is 0 Å². The van der Waals surface area contributed by atoms with Crippen LogP contribution in [-0.2, 0) is 4.74 Å². The Morgan fingerprint density at radius 3 is 2.54 bits per heavy atom. The molecule has 0 saturated carbocycles. The summed E-state index contributed by atoms with van der Waals surface area (Å²) in [6.45, 7) is 5.93. The van der Waals surface area contributed by atoms with Crippen molar-refractivity contribution in [1.29, 1.82) is 0 Å². The Morgan fingerprint density at radius 1 is 1.54 bits per heavy atom. The van der Waals surface area contributed by atoms with Crippen LogP contribution in [0.4, 0.5) is 0 Å². The van der Waals surface area contributed by atoms with Gasteiger partial charge in [-0.3, -0.25) is 0 Å². The lowest BCUT2D eigenvalue weighted by molar-refractivity contribution is 0.0525. The van der Waals surface area contributed by atoms with Crippen molar-refractivity contribution in [2.24, 2.45) is 0 Å². The molecule has 1 heterocycles. The maximum atomic E-state index is 11.4. The van der Waals surface area contributed by atoms with Crippen LogP contribution in [-0.4, -0.2) is 17.6 Å². The van der Waals surface area contributed by atoms with Crippen molar-refractivity contribution in [3.63, 3.8) is 0 Å². The molecule has 4 heteroatoms. The number of aromatic nitrogens is 1. The minimum absolute atomic E-state index is 0.264. The van der Waals surface area contributed by atoms with Gasteiger partial charge in [-0.05, 0) is 42.3 Å². The number of H-pyrrole nitrogens is 1. The summed E-state index contributed by atoms with van der Waals surface area (Å²) in [5, 5.41) is 0. The van der Waals surface area contributed by atoms with Gasteiger partial charge in [0.05, 0.1) is 16.8 Å². The van der Waals surface area contributed by atoms with Crippen LogP contribution in [0.2, 0.25) is 0 Å². The Bertz CT molecular complexity index is 331. The van der Waals surface area contributed by atoms with Gasteiger partial charge < -0.3 is 9.72 Å². The zero-order chi connectivity index (χ0) is 10.0. The summed E-state index contributed by atoms with van der Waals surface area (Å²) in [5.41, 5.74) is 2.37. The summed E-state index contributed by atoms with van der Waals surface area (Å²) in [7, 11) is 0. The number of ether oxygens (including phenoxy) is 1. The van der Waals surface area contributed by atoms with E-state index in [0.717, 1.165) is 15.9 Å². The highest BCUT2D eigenvalue weighted by molar-refractivity contribution is 9.10. The van der Waals surface area contributed by atoms with Crippen molar-refractivity contribution in [3.05, 3.63) is 21.4 Å². The molecular formula is C9H12BrNO2. The minimum Gasteiger partial charge on any atom is -0.462 e. The minimum atomic E-state index is -0.264. The second kappa shape index (κ2) is 3.96.